The third kappa shape index (κ3) is 3.54. The highest BCUT2D eigenvalue weighted by atomic mass is 16.2. The smallest absolute Gasteiger partial charge is 0.246 e. The first kappa shape index (κ1) is 13.5. The molecule has 0 saturated carbocycles. The van der Waals surface area contributed by atoms with Gasteiger partial charge in [-0.05, 0) is 24.6 Å². The van der Waals surface area contributed by atoms with Crippen molar-refractivity contribution in [3.8, 4) is 0 Å². The zero-order chi connectivity index (χ0) is 13.7. The van der Waals surface area contributed by atoms with E-state index in [1.54, 1.807) is 0 Å². The third-order valence-corrected chi connectivity index (χ3v) is 3.02. The van der Waals surface area contributed by atoms with Gasteiger partial charge in [-0.2, -0.15) is 0 Å². The lowest BCUT2D eigenvalue weighted by molar-refractivity contribution is -0.130. The minimum absolute atomic E-state index is 0.233. The van der Waals surface area contributed by atoms with Gasteiger partial charge in [0.1, 0.15) is 0 Å². The van der Waals surface area contributed by atoms with E-state index < -0.39 is 0 Å². The van der Waals surface area contributed by atoms with E-state index in [9.17, 15) is 9.59 Å². The number of piperazine rings is 1. The standard InChI is InChI=1S/C14H19N3O2/c1-2-7-15-8-11-5-3-4-6-12(11)17-9-13(18)16-14(19)10-17/h3-6,15H,2,7-10H2,1H3,(H,16,18,19). The van der Waals surface area contributed by atoms with Crippen molar-refractivity contribution in [1.82, 2.24) is 10.6 Å². The highest BCUT2D eigenvalue weighted by Crippen LogP contribution is 2.21. The molecule has 19 heavy (non-hydrogen) atoms. The fourth-order valence-electron chi connectivity index (χ4n) is 2.18. The topological polar surface area (TPSA) is 61.4 Å². The Labute approximate surface area is 113 Å². The zero-order valence-corrected chi connectivity index (χ0v) is 11.1. The molecule has 0 aliphatic carbocycles. The van der Waals surface area contributed by atoms with Crippen LogP contribution in [0.2, 0.25) is 0 Å². The van der Waals surface area contributed by atoms with Crippen LogP contribution in [0.1, 0.15) is 18.9 Å². The lowest BCUT2D eigenvalue weighted by Crippen LogP contribution is -2.51. The molecular formula is C14H19N3O2. The first-order valence-corrected chi connectivity index (χ1v) is 6.57. The molecule has 0 bridgehead atoms. The van der Waals surface area contributed by atoms with Gasteiger partial charge in [0.25, 0.3) is 0 Å². The molecule has 0 spiro atoms. The van der Waals surface area contributed by atoms with Gasteiger partial charge >= 0.3 is 0 Å². The molecule has 1 saturated heterocycles. The van der Waals surface area contributed by atoms with Crippen LogP contribution < -0.4 is 15.5 Å². The summed E-state index contributed by atoms with van der Waals surface area (Å²) >= 11 is 0. The van der Waals surface area contributed by atoms with Gasteiger partial charge in [0.05, 0.1) is 13.1 Å². The first-order chi connectivity index (χ1) is 9.20. The summed E-state index contributed by atoms with van der Waals surface area (Å²) in [7, 11) is 0. The van der Waals surface area contributed by atoms with Crippen LogP contribution >= 0.6 is 0 Å². The van der Waals surface area contributed by atoms with Crippen molar-refractivity contribution in [1.29, 1.82) is 0 Å². The summed E-state index contributed by atoms with van der Waals surface area (Å²) in [6, 6.07) is 7.87. The summed E-state index contributed by atoms with van der Waals surface area (Å²) in [6.45, 7) is 4.28. The second-order valence-electron chi connectivity index (χ2n) is 4.63. The highest BCUT2D eigenvalue weighted by Gasteiger charge is 2.23. The fourth-order valence-corrected chi connectivity index (χ4v) is 2.18. The van der Waals surface area contributed by atoms with Gasteiger partial charge in [0, 0.05) is 12.2 Å². The summed E-state index contributed by atoms with van der Waals surface area (Å²) in [4.78, 5) is 24.7. The Bertz CT molecular complexity index is 458. The molecule has 1 aliphatic rings. The molecule has 0 atom stereocenters. The van der Waals surface area contributed by atoms with Gasteiger partial charge in [-0.15, -0.1) is 0 Å². The summed E-state index contributed by atoms with van der Waals surface area (Å²) in [5.74, 6) is -0.486. The number of rotatable bonds is 5. The molecule has 2 N–H and O–H groups in total. The molecule has 2 rings (SSSR count). The van der Waals surface area contributed by atoms with Crippen LogP contribution in [0.25, 0.3) is 0 Å². The van der Waals surface area contributed by atoms with Gasteiger partial charge in [0.15, 0.2) is 0 Å². The number of amides is 2. The molecule has 1 aliphatic heterocycles. The molecule has 5 heteroatoms. The number of hydrogen-bond acceptors (Lipinski definition) is 4. The highest BCUT2D eigenvalue weighted by molar-refractivity contribution is 6.02. The van der Waals surface area contributed by atoms with Crippen molar-refractivity contribution in [3.63, 3.8) is 0 Å². The van der Waals surface area contributed by atoms with E-state index in [2.05, 4.69) is 17.6 Å². The average molecular weight is 261 g/mol. The Morgan fingerprint density at radius 2 is 1.89 bits per heavy atom. The second kappa shape index (κ2) is 6.33. The molecule has 1 heterocycles. The molecule has 0 aromatic heterocycles. The SMILES string of the molecule is CCCNCc1ccccc1N1CC(=O)NC(=O)C1. The number of carbonyl (C=O) groups is 2. The van der Waals surface area contributed by atoms with Gasteiger partial charge in [-0.3, -0.25) is 14.9 Å². The monoisotopic (exact) mass is 261 g/mol. The van der Waals surface area contributed by atoms with Gasteiger partial charge in [0.2, 0.25) is 11.8 Å². The number of hydrogen-bond donors (Lipinski definition) is 2. The van der Waals surface area contributed by atoms with E-state index in [1.807, 2.05) is 29.2 Å². The normalized spacial score (nSPS) is 15.5. The molecule has 0 radical (unpaired) electrons. The number of nitrogens with one attached hydrogen (secondary N) is 2. The zero-order valence-electron chi connectivity index (χ0n) is 11.1. The predicted octanol–water partition coefficient (Wildman–Crippen LogP) is 0.649. The predicted molar refractivity (Wildman–Crippen MR) is 73.8 cm³/mol. The fraction of sp³-hybridized carbons (Fsp3) is 0.429. The van der Waals surface area contributed by atoms with Crippen molar-refractivity contribution < 1.29 is 9.59 Å². The quantitative estimate of drug-likeness (QED) is 0.603. The summed E-state index contributed by atoms with van der Waals surface area (Å²) in [6.07, 6.45) is 1.08. The van der Waals surface area contributed by atoms with Gasteiger partial charge in [-0.25, -0.2) is 0 Å². The number of nitrogens with zero attached hydrogens (tertiary/aromatic N) is 1. The molecule has 0 unspecified atom stereocenters. The Hall–Kier alpha value is -1.88. The Balaban J connectivity index is 2.14. The summed E-state index contributed by atoms with van der Waals surface area (Å²) in [5, 5.41) is 5.66. The van der Waals surface area contributed by atoms with Gasteiger partial charge in [-0.1, -0.05) is 25.1 Å². The van der Waals surface area contributed by atoms with E-state index in [0.717, 1.165) is 30.8 Å². The lowest BCUT2D eigenvalue weighted by atomic mass is 10.1. The third-order valence-electron chi connectivity index (χ3n) is 3.02. The summed E-state index contributed by atoms with van der Waals surface area (Å²) in [5.41, 5.74) is 2.06. The second-order valence-corrected chi connectivity index (χ2v) is 4.63. The van der Waals surface area contributed by atoms with Crippen LogP contribution in [0.5, 0.6) is 0 Å². The Kier molecular flexibility index (Phi) is 4.52. The van der Waals surface area contributed by atoms with E-state index in [0.29, 0.717) is 0 Å². The maximum atomic E-state index is 11.4. The molecule has 102 valence electrons. The van der Waals surface area contributed by atoms with Crippen LogP contribution in [0.4, 0.5) is 5.69 Å². The molecule has 5 nitrogen and oxygen atoms in total. The summed E-state index contributed by atoms with van der Waals surface area (Å²) < 4.78 is 0. The van der Waals surface area contributed by atoms with E-state index in [1.165, 1.54) is 0 Å². The number of anilines is 1. The van der Waals surface area contributed by atoms with Crippen molar-refractivity contribution >= 4 is 17.5 Å². The minimum atomic E-state index is -0.243. The largest absolute Gasteiger partial charge is 0.353 e. The van der Waals surface area contributed by atoms with Crippen molar-refractivity contribution in [2.75, 3.05) is 24.5 Å². The van der Waals surface area contributed by atoms with Crippen molar-refractivity contribution in [3.05, 3.63) is 29.8 Å². The number of para-hydroxylation sites is 1. The van der Waals surface area contributed by atoms with E-state index in [4.69, 9.17) is 0 Å². The molecule has 1 fully saturated rings. The molecule has 1 aromatic carbocycles. The average Bonchev–Trinajstić information content (AvgIpc) is 2.38. The van der Waals surface area contributed by atoms with E-state index >= 15 is 0 Å². The Morgan fingerprint density at radius 3 is 2.58 bits per heavy atom. The van der Waals surface area contributed by atoms with Crippen LogP contribution in [-0.4, -0.2) is 31.4 Å². The molecular weight excluding hydrogens is 242 g/mol. The van der Waals surface area contributed by atoms with E-state index in [-0.39, 0.29) is 24.9 Å². The van der Waals surface area contributed by atoms with Crippen LogP contribution in [0, 0.1) is 0 Å². The Morgan fingerprint density at radius 1 is 1.21 bits per heavy atom. The van der Waals surface area contributed by atoms with Crippen LogP contribution in [-0.2, 0) is 16.1 Å². The number of carbonyl (C=O) groups excluding carboxylic acids is 2. The van der Waals surface area contributed by atoms with Crippen LogP contribution in [0.3, 0.4) is 0 Å². The lowest BCUT2D eigenvalue weighted by Gasteiger charge is -2.29. The molecule has 1 aromatic rings. The first-order valence-electron chi connectivity index (χ1n) is 6.57. The minimum Gasteiger partial charge on any atom is -0.353 e. The molecule has 2 amide bonds. The number of benzene rings is 1. The number of imide groups is 1. The van der Waals surface area contributed by atoms with Crippen LogP contribution in [0.15, 0.2) is 24.3 Å². The van der Waals surface area contributed by atoms with Crippen molar-refractivity contribution in [2.24, 2.45) is 0 Å². The maximum absolute atomic E-state index is 11.4. The van der Waals surface area contributed by atoms with Gasteiger partial charge < -0.3 is 10.2 Å². The van der Waals surface area contributed by atoms with Crippen molar-refractivity contribution in [2.45, 2.75) is 19.9 Å². The maximum Gasteiger partial charge on any atom is 0.246 e.